The van der Waals surface area contributed by atoms with Crippen LogP contribution in [0.2, 0.25) is 0 Å². The van der Waals surface area contributed by atoms with Gasteiger partial charge < -0.3 is 0 Å². The highest BCUT2D eigenvalue weighted by atomic mass is 15.1. The molecule has 0 atom stereocenters. The molecule has 0 fully saturated rings. The Morgan fingerprint density at radius 2 is 0.781 bits per heavy atom. The normalized spacial score (nSPS) is 8.00. The van der Waals surface area contributed by atoms with Gasteiger partial charge in [-0.15, -0.1) is 0 Å². The van der Waals surface area contributed by atoms with Crippen molar-refractivity contribution in [2.24, 2.45) is 0 Å². The van der Waals surface area contributed by atoms with E-state index in [9.17, 15) is 0 Å². The second-order valence-electron chi connectivity index (χ2n) is 5.99. The van der Waals surface area contributed by atoms with Crippen LogP contribution in [0, 0.1) is 0 Å². The van der Waals surface area contributed by atoms with Crippen LogP contribution in [0.5, 0.6) is 0 Å². The maximum Gasteiger partial charge on any atom is 0.0631 e. The highest BCUT2D eigenvalue weighted by Gasteiger charge is 1.96. The third-order valence-corrected chi connectivity index (χ3v) is 3.71. The van der Waals surface area contributed by atoms with E-state index in [1.54, 1.807) is 0 Å². The summed E-state index contributed by atoms with van der Waals surface area (Å²) in [6, 6.07) is 8.32. The molecule has 4 heteroatoms. The van der Waals surface area contributed by atoms with Crippen molar-refractivity contribution in [1.82, 2.24) is 20.4 Å². The molecule has 32 heavy (non-hydrogen) atoms. The van der Waals surface area contributed by atoms with Crippen LogP contribution in [-0.4, -0.2) is 20.4 Å². The fourth-order valence-electron chi connectivity index (χ4n) is 2.23. The van der Waals surface area contributed by atoms with E-state index in [4.69, 9.17) is 0 Å². The van der Waals surface area contributed by atoms with Gasteiger partial charge >= 0.3 is 0 Å². The fourth-order valence-corrected chi connectivity index (χ4v) is 2.23. The van der Waals surface area contributed by atoms with Crippen molar-refractivity contribution in [1.29, 1.82) is 0 Å². The minimum Gasteiger partial charge on any atom is -0.155 e. The predicted octanol–water partition coefficient (Wildman–Crippen LogP) is 9.36. The smallest absolute Gasteiger partial charge is 0.0631 e. The van der Waals surface area contributed by atoms with Crippen LogP contribution in [0.3, 0.4) is 0 Å². The SMILES string of the molecule is C.C.C.C.CC.CC.CCCCc1ccc(CCC)nn1.CCCc1ccc(CC)nn1. The monoisotopic (exact) mass is 452 g/mol. The number of aryl methyl sites for hydroxylation is 4. The van der Waals surface area contributed by atoms with Gasteiger partial charge in [0.1, 0.15) is 0 Å². The van der Waals surface area contributed by atoms with Crippen LogP contribution < -0.4 is 0 Å². The van der Waals surface area contributed by atoms with Gasteiger partial charge in [0.25, 0.3) is 0 Å². The first-order chi connectivity index (χ1) is 13.7. The van der Waals surface area contributed by atoms with Crippen molar-refractivity contribution in [3.63, 3.8) is 0 Å². The summed E-state index contributed by atoms with van der Waals surface area (Å²) in [6.07, 6.45) is 8.83. The van der Waals surface area contributed by atoms with Gasteiger partial charge in [0, 0.05) is 0 Å². The summed E-state index contributed by atoms with van der Waals surface area (Å²) < 4.78 is 0. The van der Waals surface area contributed by atoms with Gasteiger partial charge in [-0.1, -0.05) is 104 Å². The molecule has 192 valence electrons. The zero-order valence-electron chi connectivity index (χ0n) is 19.8. The quantitative estimate of drug-likeness (QED) is 0.400. The topological polar surface area (TPSA) is 51.6 Å². The second kappa shape index (κ2) is 33.8. The van der Waals surface area contributed by atoms with E-state index in [0.29, 0.717) is 0 Å². The van der Waals surface area contributed by atoms with Crippen LogP contribution in [-0.2, 0) is 25.7 Å². The molecule has 0 N–H and O–H groups in total. The van der Waals surface area contributed by atoms with Crippen LogP contribution >= 0.6 is 0 Å². The Morgan fingerprint density at radius 3 is 1.03 bits per heavy atom. The highest BCUT2D eigenvalue weighted by molar-refractivity contribution is 5.07. The van der Waals surface area contributed by atoms with Crippen molar-refractivity contribution in [3.8, 4) is 0 Å². The number of nitrogens with zero attached hydrogens (tertiary/aromatic N) is 4. The van der Waals surface area contributed by atoms with Crippen LogP contribution in [0.15, 0.2) is 24.3 Å². The molecule has 0 saturated carbocycles. The maximum atomic E-state index is 4.18. The lowest BCUT2D eigenvalue weighted by atomic mass is 10.2. The summed E-state index contributed by atoms with van der Waals surface area (Å²) in [4.78, 5) is 0. The molecule has 2 heterocycles. The molecule has 0 unspecified atom stereocenters. The Labute approximate surface area is 204 Å². The zero-order valence-corrected chi connectivity index (χ0v) is 19.8. The van der Waals surface area contributed by atoms with Gasteiger partial charge in [0.05, 0.1) is 22.8 Å². The molecule has 0 aliphatic rings. The Bertz CT molecular complexity index is 536. The molecule has 0 saturated heterocycles. The summed E-state index contributed by atoms with van der Waals surface area (Å²) in [5.74, 6) is 0. The molecule has 0 amide bonds. The first-order valence-electron chi connectivity index (χ1n) is 11.4. The molecule has 0 spiro atoms. The Kier molecular flexibility index (Phi) is 46.4. The summed E-state index contributed by atoms with van der Waals surface area (Å²) in [5.41, 5.74) is 4.42. The van der Waals surface area contributed by atoms with Gasteiger partial charge in [-0.25, -0.2) is 0 Å². The summed E-state index contributed by atoms with van der Waals surface area (Å²) in [5, 5.41) is 16.5. The maximum absolute atomic E-state index is 4.18. The van der Waals surface area contributed by atoms with Crippen molar-refractivity contribution < 1.29 is 0 Å². The number of hydrogen-bond acceptors (Lipinski definition) is 4. The number of hydrogen-bond donors (Lipinski definition) is 0. The van der Waals surface area contributed by atoms with Gasteiger partial charge in [-0.2, -0.15) is 20.4 Å². The van der Waals surface area contributed by atoms with Crippen molar-refractivity contribution in [2.45, 2.75) is 136 Å². The standard InChI is InChI=1S/C11H18N2.C9H14N2.2C2H6.4CH4/c1-3-5-7-11-9-8-10(6-4-2)12-13-11;1-3-5-9-7-6-8(4-2)10-11-9;2*1-2;;;;/h8-9H,3-7H2,1-2H3;6-7H,3-5H2,1-2H3;2*1-2H3;4*1H4. The number of aromatic nitrogens is 4. The van der Waals surface area contributed by atoms with Gasteiger partial charge in [-0.05, 0) is 56.4 Å². The molecule has 0 radical (unpaired) electrons. The lowest BCUT2D eigenvalue weighted by Gasteiger charge is -1.99. The van der Waals surface area contributed by atoms with E-state index in [1.165, 1.54) is 12.8 Å². The van der Waals surface area contributed by atoms with Crippen LogP contribution in [0.4, 0.5) is 0 Å². The predicted molar refractivity (Wildman–Crippen MR) is 150 cm³/mol. The van der Waals surface area contributed by atoms with E-state index >= 15 is 0 Å². The third kappa shape index (κ3) is 22.8. The van der Waals surface area contributed by atoms with Gasteiger partial charge in [0.2, 0.25) is 0 Å². The van der Waals surface area contributed by atoms with Crippen LogP contribution in [0.1, 0.15) is 134 Å². The van der Waals surface area contributed by atoms with Gasteiger partial charge in [0.15, 0.2) is 0 Å². The van der Waals surface area contributed by atoms with E-state index in [0.717, 1.165) is 61.3 Å². The minimum atomic E-state index is 0. The van der Waals surface area contributed by atoms with Crippen molar-refractivity contribution in [2.75, 3.05) is 0 Å². The summed E-state index contributed by atoms with van der Waals surface area (Å²) in [7, 11) is 0. The van der Waals surface area contributed by atoms with E-state index in [1.807, 2.05) is 27.7 Å². The fraction of sp³-hybridized carbons (Fsp3) is 0.714. The molecular weight excluding hydrogens is 392 g/mol. The zero-order chi connectivity index (χ0) is 21.6. The molecule has 0 aliphatic heterocycles. The largest absolute Gasteiger partial charge is 0.155 e. The first kappa shape index (κ1) is 43.9. The number of unbranched alkanes of at least 4 members (excludes halogenated alkanes) is 1. The van der Waals surface area contributed by atoms with E-state index < -0.39 is 0 Å². The van der Waals surface area contributed by atoms with Crippen LogP contribution in [0.25, 0.3) is 0 Å². The molecule has 0 bridgehead atoms. The van der Waals surface area contributed by atoms with Crippen molar-refractivity contribution >= 4 is 0 Å². The average Bonchev–Trinajstić information content (AvgIpc) is 2.77. The Morgan fingerprint density at radius 1 is 0.469 bits per heavy atom. The number of rotatable bonds is 8. The lowest BCUT2D eigenvalue weighted by Crippen LogP contribution is -1.96. The summed E-state index contributed by atoms with van der Waals surface area (Å²) >= 11 is 0. The lowest BCUT2D eigenvalue weighted by molar-refractivity contribution is 0.744. The third-order valence-electron chi connectivity index (χ3n) is 3.71. The Balaban J connectivity index is -0.0000000829. The molecule has 2 aromatic heterocycles. The molecule has 2 rings (SSSR count). The molecule has 4 nitrogen and oxygen atoms in total. The van der Waals surface area contributed by atoms with Crippen molar-refractivity contribution in [3.05, 3.63) is 47.0 Å². The van der Waals surface area contributed by atoms with Gasteiger partial charge in [-0.3, -0.25) is 0 Å². The average molecular weight is 453 g/mol. The molecule has 2 aromatic rings. The highest BCUT2D eigenvalue weighted by Crippen LogP contribution is 2.03. The molecule has 0 aliphatic carbocycles. The molecule has 0 aromatic carbocycles. The minimum absolute atomic E-state index is 0. The summed E-state index contributed by atoms with van der Waals surface area (Å²) in [6.45, 7) is 16.6. The Hall–Kier alpha value is -1.84. The van der Waals surface area contributed by atoms with E-state index in [2.05, 4.69) is 72.4 Å². The second-order valence-corrected chi connectivity index (χ2v) is 5.99. The first-order valence-corrected chi connectivity index (χ1v) is 11.4. The molecular formula is C28H60N4. The van der Waals surface area contributed by atoms with E-state index in [-0.39, 0.29) is 29.7 Å².